The van der Waals surface area contributed by atoms with Crippen molar-refractivity contribution in [1.29, 1.82) is 0 Å². The largest absolute Gasteiger partial charge is 0.480 e. The molecule has 2 aromatic rings. The number of carbonyl (C=O) groups excluding carboxylic acids is 3. The molecule has 2 N–H and O–H groups in total. The summed E-state index contributed by atoms with van der Waals surface area (Å²) in [5.41, 5.74) is 0.753. The van der Waals surface area contributed by atoms with E-state index in [1.165, 1.54) is 19.2 Å². The Bertz CT molecular complexity index is 859. The molecule has 2 amide bonds. The summed E-state index contributed by atoms with van der Waals surface area (Å²) in [6.07, 6.45) is 0. The topological polar surface area (TPSA) is 93.7 Å². The first kappa shape index (κ1) is 20.2. The van der Waals surface area contributed by atoms with Gasteiger partial charge in [-0.1, -0.05) is 17.7 Å². The Morgan fingerprint density at radius 3 is 2.59 bits per heavy atom. The molecule has 0 saturated carbocycles. The van der Waals surface area contributed by atoms with Crippen LogP contribution < -0.4 is 15.4 Å². The predicted molar refractivity (Wildman–Crippen MR) is 96.3 cm³/mol. The minimum absolute atomic E-state index is 0.0107. The van der Waals surface area contributed by atoms with Gasteiger partial charge in [-0.25, -0.2) is 9.18 Å². The third-order valence-corrected chi connectivity index (χ3v) is 3.53. The van der Waals surface area contributed by atoms with Gasteiger partial charge < -0.3 is 20.1 Å². The van der Waals surface area contributed by atoms with E-state index in [9.17, 15) is 18.8 Å². The average Bonchev–Trinajstić information content (AvgIpc) is 2.65. The maximum atomic E-state index is 12.9. The second kappa shape index (κ2) is 9.54. The Kier molecular flexibility index (Phi) is 7.13. The van der Waals surface area contributed by atoms with Crippen molar-refractivity contribution in [1.82, 2.24) is 5.32 Å². The van der Waals surface area contributed by atoms with Crippen molar-refractivity contribution in [2.45, 2.75) is 0 Å². The van der Waals surface area contributed by atoms with Crippen molar-refractivity contribution in [2.24, 2.45) is 0 Å². The van der Waals surface area contributed by atoms with Gasteiger partial charge in [0.25, 0.3) is 11.8 Å². The van der Waals surface area contributed by atoms with Crippen molar-refractivity contribution >= 4 is 35.1 Å². The summed E-state index contributed by atoms with van der Waals surface area (Å²) in [6, 6.07) is 9.72. The summed E-state index contributed by atoms with van der Waals surface area (Å²) in [5.74, 6) is -2.10. The fourth-order valence-electron chi connectivity index (χ4n) is 2.00. The lowest BCUT2D eigenvalue weighted by Gasteiger charge is -2.09. The summed E-state index contributed by atoms with van der Waals surface area (Å²) in [7, 11) is 1.49. The Morgan fingerprint density at radius 2 is 1.89 bits per heavy atom. The second-order valence-electron chi connectivity index (χ2n) is 5.23. The number of anilines is 1. The molecule has 27 heavy (non-hydrogen) atoms. The van der Waals surface area contributed by atoms with E-state index in [2.05, 4.69) is 10.6 Å². The van der Waals surface area contributed by atoms with E-state index in [-0.39, 0.29) is 16.7 Å². The first-order chi connectivity index (χ1) is 12.9. The molecule has 142 valence electrons. The number of hydrogen-bond acceptors (Lipinski definition) is 5. The van der Waals surface area contributed by atoms with Gasteiger partial charge in [0.05, 0.1) is 5.02 Å². The van der Waals surface area contributed by atoms with E-state index in [4.69, 9.17) is 21.1 Å². The van der Waals surface area contributed by atoms with Crippen LogP contribution in [0.25, 0.3) is 0 Å². The van der Waals surface area contributed by atoms with Crippen LogP contribution in [0.1, 0.15) is 10.4 Å². The number of esters is 1. The van der Waals surface area contributed by atoms with Crippen LogP contribution in [0.2, 0.25) is 5.02 Å². The molecule has 0 aliphatic heterocycles. The van der Waals surface area contributed by atoms with Gasteiger partial charge in [0.15, 0.2) is 13.2 Å². The fourth-order valence-corrected chi connectivity index (χ4v) is 2.22. The minimum Gasteiger partial charge on any atom is -0.480 e. The van der Waals surface area contributed by atoms with Gasteiger partial charge in [0.2, 0.25) is 0 Å². The van der Waals surface area contributed by atoms with E-state index in [1.807, 2.05) is 0 Å². The van der Waals surface area contributed by atoms with E-state index >= 15 is 0 Å². The smallest absolute Gasteiger partial charge is 0.344 e. The molecule has 0 spiro atoms. The summed E-state index contributed by atoms with van der Waals surface area (Å²) >= 11 is 5.77. The van der Waals surface area contributed by atoms with E-state index in [1.54, 1.807) is 18.2 Å². The summed E-state index contributed by atoms with van der Waals surface area (Å²) in [5, 5.41) is 4.99. The quantitative estimate of drug-likeness (QED) is 0.703. The molecule has 0 saturated heterocycles. The zero-order valence-corrected chi connectivity index (χ0v) is 15.0. The SMILES string of the molecule is CNC(=O)c1cccc(NC(=O)COC(=O)COc2ccc(F)cc2Cl)c1. The first-order valence-electron chi connectivity index (χ1n) is 7.74. The van der Waals surface area contributed by atoms with Gasteiger partial charge in [0, 0.05) is 18.3 Å². The Morgan fingerprint density at radius 1 is 1.11 bits per heavy atom. The molecule has 7 nitrogen and oxygen atoms in total. The van der Waals surface area contributed by atoms with Crippen LogP contribution in [0.4, 0.5) is 10.1 Å². The van der Waals surface area contributed by atoms with Crippen molar-refractivity contribution in [3.8, 4) is 5.75 Å². The highest BCUT2D eigenvalue weighted by Crippen LogP contribution is 2.24. The van der Waals surface area contributed by atoms with Crippen LogP contribution in [0.3, 0.4) is 0 Å². The Hall–Kier alpha value is -3.13. The summed E-state index contributed by atoms with van der Waals surface area (Å²) in [4.78, 5) is 35.0. The van der Waals surface area contributed by atoms with E-state index in [0.717, 1.165) is 12.1 Å². The summed E-state index contributed by atoms with van der Waals surface area (Å²) < 4.78 is 22.8. The van der Waals surface area contributed by atoms with Crippen LogP contribution >= 0.6 is 11.6 Å². The number of hydrogen-bond donors (Lipinski definition) is 2. The van der Waals surface area contributed by atoms with Gasteiger partial charge >= 0.3 is 5.97 Å². The molecule has 2 rings (SSSR count). The van der Waals surface area contributed by atoms with Gasteiger partial charge in [-0.2, -0.15) is 0 Å². The molecule has 2 aromatic carbocycles. The number of benzene rings is 2. The van der Waals surface area contributed by atoms with Gasteiger partial charge in [-0.3, -0.25) is 9.59 Å². The summed E-state index contributed by atoms with van der Waals surface area (Å²) in [6.45, 7) is -1.03. The van der Waals surface area contributed by atoms with E-state index in [0.29, 0.717) is 11.3 Å². The molecule has 9 heteroatoms. The Balaban J connectivity index is 1.79. The number of rotatable bonds is 7. The molecule has 0 atom stereocenters. The molecule has 0 aliphatic carbocycles. The highest BCUT2D eigenvalue weighted by molar-refractivity contribution is 6.32. The van der Waals surface area contributed by atoms with Crippen molar-refractivity contribution in [3.63, 3.8) is 0 Å². The third kappa shape index (κ3) is 6.27. The highest BCUT2D eigenvalue weighted by atomic mass is 35.5. The first-order valence-corrected chi connectivity index (χ1v) is 8.12. The molecule has 0 aliphatic rings. The van der Waals surface area contributed by atoms with Crippen LogP contribution in [-0.2, 0) is 14.3 Å². The number of halogens is 2. The van der Waals surface area contributed by atoms with Gasteiger partial charge in [0.1, 0.15) is 11.6 Å². The maximum Gasteiger partial charge on any atom is 0.344 e. The van der Waals surface area contributed by atoms with Gasteiger partial charge in [-0.05, 0) is 36.4 Å². The van der Waals surface area contributed by atoms with Gasteiger partial charge in [-0.15, -0.1) is 0 Å². The third-order valence-electron chi connectivity index (χ3n) is 3.24. The number of carbonyl (C=O) groups is 3. The van der Waals surface area contributed by atoms with Crippen LogP contribution in [-0.4, -0.2) is 38.0 Å². The van der Waals surface area contributed by atoms with Crippen LogP contribution in [0, 0.1) is 5.82 Å². The maximum absolute atomic E-state index is 12.9. The fraction of sp³-hybridized carbons (Fsp3) is 0.167. The van der Waals surface area contributed by atoms with Crippen molar-refractivity contribution < 1.29 is 28.2 Å². The zero-order valence-electron chi connectivity index (χ0n) is 14.3. The molecular weight excluding hydrogens is 379 g/mol. The molecular formula is C18H16ClFN2O5. The molecule has 0 bridgehead atoms. The van der Waals surface area contributed by atoms with Crippen LogP contribution in [0.5, 0.6) is 5.75 Å². The lowest BCUT2D eigenvalue weighted by molar-refractivity contribution is -0.149. The zero-order chi connectivity index (χ0) is 19.8. The van der Waals surface area contributed by atoms with Crippen LogP contribution in [0.15, 0.2) is 42.5 Å². The Labute approximate surface area is 159 Å². The highest BCUT2D eigenvalue weighted by Gasteiger charge is 2.11. The normalized spacial score (nSPS) is 10.0. The van der Waals surface area contributed by atoms with Crippen molar-refractivity contribution in [3.05, 3.63) is 58.9 Å². The number of nitrogens with one attached hydrogen (secondary N) is 2. The molecule has 0 heterocycles. The average molecular weight is 395 g/mol. The number of amides is 2. The standard InChI is InChI=1S/C18H16ClFN2O5/c1-21-18(25)11-3-2-4-13(7-11)22-16(23)9-27-17(24)10-26-15-6-5-12(20)8-14(15)19/h2-8H,9-10H2,1H3,(H,21,25)(H,22,23). The number of ether oxygens (including phenoxy) is 2. The monoisotopic (exact) mass is 394 g/mol. The lowest BCUT2D eigenvalue weighted by Crippen LogP contribution is -2.24. The molecule has 0 aromatic heterocycles. The predicted octanol–water partition coefficient (Wildman–Crippen LogP) is 2.40. The second-order valence-corrected chi connectivity index (χ2v) is 5.64. The lowest BCUT2D eigenvalue weighted by atomic mass is 10.2. The molecule has 0 radical (unpaired) electrons. The van der Waals surface area contributed by atoms with E-state index < -0.39 is 30.9 Å². The van der Waals surface area contributed by atoms with Crippen molar-refractivity contribution in [2.75, 3.05) is 25.6 Å². The molecule has 0 fully saturated rings. The molecule has 0 unspecified atom stereocenters. The minimum atomic E-state index is -0.801.